The van der Waals surface area contributed by atoms with Crippen LogP contribution in [0.4, 0.5) is 5.69 Å². The maximum absolute atomic E-state index is 12.1. The number of carbonyl (C=O) groups excluding carboxylic acids is 1. The van der Waals surface area contributed by atoms with E-state index in [0.29, 0.717) is 36.1 Å². The van der Waals surface area contributed by atoms with Crippen LogP contribution in [0.2, 0.25) is 0 Å². The zero-order chi connectivity index (χ0) is 36.3. The summed E-state index contributed by atoms with van der Waals surface area (Å²) < 4.78 is 19.7. The number of hydrogen-bond donors (Lipinski definition) is 5. The molecule has 1 unspecified atom stereocenters. The Kier molecular flexibility index (Phi) is 12.7. The highest BCUT2D eigenvalue weighted by atomic mass is 79.9. The van der Waals surface area contributed by atoms with E-state index in [2.05, 4.69) is 41.8 Å². The molecule has 0 radical (unpaired) electrons. The van der Waals surface area contributed by atoms with Crippen molar-refractivity contribution < 1.29 is 38.8 Å². The Morgan fingerprint density at radius 1 is 1.06 bits per heavy atom. The van der Waals surface area contributed by atoms with Gasteiger partial charge in [-0.1, -0.05) is 55.3 Å². The molecule has 2 bridgehead atoms. The van der Waals surface area contributed by atoms with E-state index >= 15 is 0 Å². The van der Waals surface area contributed by atoms with Gasteiger partial charge in [0.2, 0.25) is 0 Å². The van der Waals surface area contributed by atoms with Crippen molar-refractivity contribution >= 4 is 28.6 Å². The number of aryl methyl sites for hydroxylation is 1. The van der Waals surface area contributed by atoms with Gasteiger partial charge in [0.05, 0.1) is 44.6 Å². The molecule has 4 aliphatic heterocycles. The third kappa shape index (κ3) is 8.87. The topological polar surface area (TPSA) is 130 Å². The minimum atomic E-state index is -0.949. The lowest BCUT2D eigenvalue weighted by Crippen LogP contribution is -2.65. The minimum absolute atomic E-state index is 0. The predicted molar refractivity (Wildman–Crippen MR) is 210 cm³/mol. The van der Waals surface area contributed by atoms with Crippen molar-refractivity contribution in [2.24, 2.45) is 11.8 Å². The fraction of sp³-hybridized carbons (Fsp3) is 0.548. The summed E-state index contributed by atoms with van der Waals surface area (Å²) in [6.45, 7) is 9.71. The number of piperidine rings is 3. The summed E-state index contributed by atoms with van der Waals surface area (Å²) in [6, 6.07) is 19.3. The highest BCUT2D eigenvalue weighted by Crippen LogP contribution is 2.43. The number of quaternary nitrogens is 1. The van der Waals surface area contributed by atoms with Gasteiger partial charge in [-0.3, -0.25) is 4.79 Å². The van der Waals surface area contributed by atoms with Gasteiger partial charge in [-0.05, 0) is 61.4 Å². The van der Waals surface area contributed by atoms with Gasteiger partial charge in [-0.2, -0.15) is 0 Å². The van der Waals surface area contributed by atoms with E-state index in [0.717, 1.165) is 59.3 Å². The number of phenols is 1. The maximum atomic E-state index is 12.1. The van der Waals surface area contributed by atoms with Crippen molar-refractivity contribution in [3.8, 4) is 17.2 Å². The maximum Gasteiger partial charge on any atom is 0.262 e. The van der Waals surface area contributed by atoms with Gasteiger partial charge in [-0.15, -0.1) is 17.0 Å². The molecule has 3 aromatic carbocycles. The van der Waals surface area contributed by atoms with Gasteiger partial charge in [0, 0.05) is 49.4 Å². The first-order chi connectivity index (χ1) is 25.1. The van der Waals surface area contributed by atoms with Crippen LogP contribution in [-0.2, 0) is 15.1 Å². The van der Waals surface area contributed by atoms with Crippen LogP contribution in [0, 0.1) is 18.8 Å². The number of rotatable bonds is 15. The van der Waals surface area contributed by atoms with E-state index in [1.165, 1.54) is 50.9 Å². The average Bonchev–Trinajstić information content (AvgIpc) is 3.71. The summed E-state index contributed by atoms with van der Waals surface area (Å²) in [5.74, 6) is 1.74. The molecule has 0 aromatic heterocycles. The second kappa shape index (κ2) is 17.1. The first kappa shape index (κ1) is 39.5. The molecule has 53 heavy (non-hydrogen) atoms. The number of amides is 1. The number of anilines is 1. The van der Waals surface area contributed by atoms with E-state index in [9.17, 15) is 20.1 Å². The van der Waals surface area contributed by atoms with Crippen molar-refractivity contribution in [3.05, 3.63) is 82.9 Å². The van der Waals surface area contributed by atoms with Crippen molar-refractivity contribution in [2.75, 3.05) is 57.9 Å². The SMILES string of the molecule is Br.Cc1cc(C(C)NC[C@H](O)c2cc(O)cc3c2OCC(=O)N3)ccc1OCCC[N+]12CCC(CC1)[C@@H](OC[C@@](O)(c1ccccc1)C1CCCC1)C2. The van der Waals surface area contributed by atoms with Crippen LogP contribution >= 0.6 is 17.0 Å². The van der Waals surface area contributed by atoms with E-state index < -0.39 is 11.7 Å². The van der Waals surface area contributed by atoms with Crippen molar-refractivity contribution in [3.63, 3.8) is 0 Å². The molecule has 3 aromatic rings. The van der Waals surface area contributed by atoms with Gasteiger partial charge in [0.1, 0.15) is 35.5 Å². The number of aliphatic hydroxyl groups excluding tert-OH is 1. The highest BCUT2D eigenvalue weighted by Gasteiger charge is 2.48. The number of fused-ring (bicyclic) bond motifs is 4. The largest absolute Gasteiger partial charge is 0.508 e. The van der Waals surface area contributed by atoms with Crippen molar-refractivity contribution in [1.82, 2.24) is 5.32 Å². The highest BCUT2D eigenvalue weighted by molar-refractivity contribution is 8.93. The van der Waals surface area contributed by atoms with Crippen LogP contribution in [0.25, 0.3) is 0 Å². The third-order valence-corrected chi connectivity index (χ3v) is 12.3. The van der Waals surface area contributed by atoms with Crippen molar-refractivity contribution in [2.45, 2.75) is 82.6 Å². The van der Waals surface area contributed by atoms with Gasteiger partial charge in [-0.25, -0.2) is 0 Å². The monoisotopic (exact) mass is 794 g/mol. The Morgan fingerprint density at radius 2 is 1.81 bits per heavy atom. The first-order valence-corrected chi connectivity index (χ1v) is 19.3. The molecule has 1 amide bonds. The van der Waals surface area contributed by atoms with Gasteiger partial charge >= 0.3 is 0 Å². The summed E-state index contributed by atoms with van der Waals surface area (Å²) in [4.78, 5) is 11.7. The van der Waals surface area contributed by atoms with E-state index in [-0.39, 0.29) is 59.9 Å². The fourth-order valence-corrected chi connectivity index (χ4v) is 9.19. The molecule has 4 heterocycles. The zero-order valence-electron chi connectivity index (χ0n) is 31.1. The molecule has 5 N–H and O–H groups in total. The first-order valence-electron chi connectivity index (χ1n) is 19.3. The molecule has 11 heteroatoms. The zero-order valence-corrected chi connectivity index (χ0v) is 32.8. The quantitative estimate of drug-likeness (QED) is 0.0876. The summed E-state index contributed by atoms with van der Waals surface area (Å²) >= 11 is 0. The summed E-state index contributed by atoms with van der Waals surface area (Å²) in [5.41, 5.74) is 2.99. The predicted octanol–water partition coefficient (Wildman–Crippen LogP) is 6.47. The Labute approximate surface area is 324 Å². The van der Waals surface area contributed by atoms with E-state index in [1.54, 1.807) is 0 Å². The number of halogens is 1. The summed E-state index contributed by atoms with van der Waals surface area (Å²) in [5, 5.41) is 39.2. The van der Waals surface area contributed by atoms with Gasteiger partial charge in [0.15, 0.2) is 6.61 Å². The van der Waals surface area contributed by atoms with Crippen LogP contribution < -0.4 is 20.1 Å². The molecule has 1 saturated carbocycles. The van der Waals surface area contributed by atoms with Gasteiger partial charge in [0.25, 0.3) is 5.91 Å². The molecular weight excluding hydrogens is 738 g/mol. The summed E-state index contributed by atoms with van der Waals surface area (Å²) in [7, 11) is 0. The lowest BCUT2D eigenvalue weighted by atomic mass is 9.80. The molecule has 5 aliphatic rings. The van der Waals surface area contributed by atoms with E-state index in [4.69, 9.17) is 14.2 Å². The standard InChI is InChI=1S/C42H55N3O7.BrH/c1-28-21-31(29(2)43-24-37(47)35-22-34(46)23-36-41(35)51-26-40(48)44-36)13-14-38(28)50-20-8-17-45-18-15-30(16-19-45)39(25-45)52-27-42(49,33-11-6-7-12-33)32-9-4-3-5-10-32;/h3-5,9-10,13-14,21-23,29-30,33,37,39,43,47,49H,6-8,11-12,15-20,24-27H2,1-2H3,(H-,44,46,48);1H/p+1/t29?,30?,37-,39-,42+,45?;/m0./s1. The Morgan fingerprint density at radius 3 is 2.55 bits per heavy atom. The second-order valence-corrected chi connectivity index (χ2v) is 15.8. The molecule has 4 fully saturated rings. The number of nitrogens with zero attached hydrogens (tertiary/aromatic N) is 1. The Hall–Kier alpha value is -3.19. The fourth-order valence-electron chi connectivity index (χ4n) is 9.19. The number of carbonyl (C=O) groups is 1. The van der Waals surface area contributed by atoms with Crippen LogP contribution in [0.5, 0.6) is 17.2 Å². The molecule has 1 aliphatic carbocycles. The van der Waals surface area contributed by atoms with Crippen LogP contribution in [0.15, 0.2) is 60.7 Å². The number of ether oxygens (including phenoxy) is 3. The van der Waals surface area contributed by atoms with Crippen molar-refractivity contribution in [1.29, 1.82) is 0 Å². The smallest absolute Gasteiger partial charge is 0.262 e. The molecule has 0 spiro atoms. The Bertz CT molecular complexity index is 1700. The molecule has 10 nitrogen and oxygen atoms in total. The second-order valence-electron chi connectivity index (χ2n) is 15.8. The van der Waals surface area contributed by atoms with Gasteiger partial charge < -0.3 is 44.6 Å². The normalized spacial score (nSPS) is 24.6. The number of nitrogens with one attached hydrogen (secondary N) is 2. The Balaban J connectivity index is 0.00000481. The lowest BCUT2D eigenvalue weighted by Gasteiger charge is -2.53. The number of hydrogen-bond acceptors (Lipinski definition) is 8. The minimum Gasteiger partial charge on any atom is -0.508 e. The van der Waals surface area contributed by atoms with Crippen LogP contribution in [0.1, 0.15) is 86.3 Å². The van der Waals surface area contributed by atoms with Crippen LogP contribution in [0.3, 0.4) is 0 Å². The third-order valence-electron chi connectivity index (χ3n) is 12.3. The molecule has 8 rings (SSSR count). The molecule has 4 atom stereocenters. The number of aliphatic hydroxyl groups is 2. The van der Waals surface area contributed by atoms with Crippen LogP contribution in [-0.4, -0.2) is 84.4 Å². The molecular formula is C42H57BrN3O7+. The average molecular weight is 796 g/mol. The number of phenolic OH excluding ortho intramolecular Hbond substituents is 1. The lowest BCUT2D eigenvalue weighted by molar-refractivity contribution is -0.946. The number of aromatic hydroxyl groups is 1. The number of benzene rings is 3. The molecule has 288 valence electrons. The molecule has 3 saturated heterocycles. The van der Waals surface area contributed by atoms with E-state index in [1.807, 2.05) is 31.2 Å². The summed E-state index contributed by atoms with van der Waals surface area (Å²) in [6.07, 6.45) is 7.07.